The van der Waals surface area contributed by atoms with Crippen LogP contribution in [-0.2, 0) is 6.54 Å². The Kier molecular flexibility index (Phi) is 7.45. The van der Waals surface area contributed by atoms with Crippen molar-refractivity contribution in [2.45, 2.75) is 46.3 Å². The van der Waals surface area contributed by atoms with Gasteiger partial charge < -0.3 is 13.9 Å². The number of carbonyl (C=O) groups is 1. The molecular formula is C28H32N4O2S. The first-order valence-electron chi connectivity index (χ1n) is 11.8. The molecule has 4 aromatic rings. The SMILES string of the molecule is COc1ccc(-c2nnc(SCC(=O)c3cc(C)n(-c4ccc(C)cc4)c3C)n2CC(C)C)cc1. The van der Waals surface area contributed by atoms with E-state index >= 15 is 0 Å². The van der Waals surface area contributed by atoms with Crippen LogP contribution in [0.15, 0.2) is 59.8 Å². The zero-order chi connectivity index (χ0) is 25.1. The molecule has 2 heterocycles. The molecule has 0 radical (unpaired) electrons. The number of methoxy groups -OCH3 is 1. The van der Waals surface area contributed by atoms with Crippen molar-refractivity contribution in [3.05, 3.63) is 77.1 Å². The molecule has 0 saturated heterocycles. The number of rotatable bonds is 9. The summed E-state index contributed by atoms with van der Waals surface area (Å²) in [5.41, 5.74) is 6.00. The van der Waals surface area contributed by atoms with Crippen molar-refractivity contribution >= 4 is 17.5 Å². The number of Topliss-reactive ketones (excluding diaryl/α,β-unsaturated/α-hetero) is 1. The molecule has 7 heteroatoms. The Hall–Kier alpha value is -3.32. The summed E-state index contributed by atoms with van der Waals surface area (Å²) in [6.45, 7) is 11.2. The lowest BCUT2D eigenvalue weighted by Crippen LogP contribution is -2.10. The topological polar surface area (TPSA) is 61.9 Å². The van der Waals surface area contributed by atoms with Crippen molar-refractivity contribution in [1.82, 2.24) is 19.3 Å². The molecule has 0 fully saturated rings. The van der Waals surface area contributed by atoms with Crippen molar-refractivity contribution in [3.63, 3.8) is 0 Å². The minimum atomic E-state index is 0.0894. The van der Waals surface area contributed by atoms with Gasteiger partial charge in [0.25, 0.3) is 0 Å². The van der Waals surface area contributed by atoms with Crippen molar-refractivity contribution in [2.24, 2.45) is 5.92 Å². The van der Waals surface area contributed by atoms with Gasteiger partial charge in [-0.05, 0) is 69.2 Å². The van der Waals surface area contributed by atoms with Crippen LogP contribution in [0.3, 0.4) is 0 Å². The van der Waals surface area contributed by atoms with Crippen molar-refractivity contribution in [1.29, 1.82) is 0 Å². The minimum Gasteiger partial charge on any atom is -0.497 e. The molecule has 2 aromatic carbocycles. The largest absolute Gasteiger partial charge is 0.497 e. The van der Waals surface area contributed by atoms with Crippen molar-refractivity contribution < 1.29 is 9.53 Å². The van der Waals surface area contributed by atoms with Gasteiger partial charge in [0.05, 0.1) is 12.9 Å². The molecule has 182 valence electrons. The highest BCUT2D eigenvalue weighted by atomic mass is 32.2. The normalized spacial score (nSPS) is 11.3. The molecule has 0 atom stereocenters. The van der Waals surface area contributed by atoms with E-state index in [1.54, 1.807) is 7.11 Å². The Bertz CT molecular complexity index is 1320. The van der Waals surface area contributed by atoms with E-state index in [4.69, 9.17) is 4.74 Å². The molecule has 0 N–H and O–H groups in total. The smallest absolute Gasteiger partial charge is 0.191 e. The zero-order valence-electron chi connectivity index (χ0n) is 21.2. The molecule has 35 heavy (non-hydrogen) atoms. The quantitative estimate of drug-likeness (QED) is 0.204. The number of nitrogens with zero attached hydrogens (tertiary/aromatic N) is 4. The van der Waals surface area contributed by atoms with E-state index < -0.39 is 0 Å². The van der Waals surface area contributed by atoms with Crippen LogP contribution < -0.4 is 4.74 Å². The number of carbonyl (C=O) groups excluding carboxylic acids is 1. The van der Waals surface area contributed by atoms with Gasteiger partial charge in [-0.25, -0.2) is 0 Å². The second-order valence-electron chi connectivity index (χ2n) is 9.21. The number of hydrogen-bond acceptors (Lipinski definition) is 5. The van der Waals surface area contributed by atoms with Crippen LogP contribution in [0.5, 0.6) is 5.75 Å². The van der Waals surface area contributed by atoms with Crippen molar-refractivity contribution in [3.8, 4) is 22.8 Å². The molecule has 0 aliphatic heterocycles. The van der Waals surface area contributed by atoms with Gasteiger partial charge in [-0.1, -0.05) is 43.3 Å². The Balaban J connectivity index is 1.56. The summed E-state index contributed by atoms with van der Waals surface area (Å²) >= 11 is 1.44. The highest BCUT2D eigenvalue weighted by Crippen LogP contribution is 2.28. The lowest BCUT2D eigenvalue weighted by molar-refractivity contribution is 0.102. The fourth-order valence-electron chi connectivity index (χ4n) is 4.22. The van der Waals surface area contributed by atoms with Crippen LogP contribution >= 0.6 is 11.8 Å². The number of thioether (sulfide) groups is 1. The van der Waals surface area contributed by atoms with E-state index in [1.165, 1.54) is 17.3 Å². The molecule has 0 unspecified atom stereocenters. The Labute approximate surface area is 211 Å². The fourth-order valence-corrected chi connectivity index (χ4v) is 5.05. The van der Waals surface area contributed by atoms with Gasteiger partial charge in [-0.15, -0.1) is 10.2 Å². The van der Waals surface area contributed by atoms with E-state index in [1.807, 2.05) is 44.2 Å². The fraction of sp³-hybridized carbons (Fsp3) is 0.321. The van der Waals surface area contributed by atoms with Gasteiger partial charge >= 0.3 is 0 Å². The van der Waals surface area contributed by atoms with Crippen LogP contribution in [0.1, 0.15) is 41.2 Å². The summed E-state index contributed by atoms with van der Waals surface area (Å²) in [6, 6.07) is 18.2. The molecule has 0 aliphatic carbocycles. The minimum absolute atomic E-state index is 0.0894. The summed E-state index contributed by atoms with van der Waals surface area (Å²) in [5, 5.41) is 9.66. The Morgan fingerprint density at radius 3 is 2.31 bits per heavy atom. The molecule has 0 aliphatic rings. The van der Waals surface area contributed by atoms with Gasteiger partial charge in [0, 0.05) is 34.7 Å². The molecular weight excluding hydrogens is 456 g/mol. The number of aryl methyl sites for hydroxylation is 2. The molecule has 4 rings (SSSR count). The average Bonchev–Trinajstić information content (AvgIpc) is 3.37. The van der Waals surface area contributed by atoms with Gasteiger partial charge in [0.15, 0.2) is 16.8 Å². The molecule has 6 nitrogen and oxygen atoms in total. The molecule has 0 spiro atoms. The first kappa shape index (κ1) is 24.8. The third-order valence-electron chi connectivity index (χ3n) is 5.97. The van der Waals surface area contributed by atoms with Crippen LogP contribution in [0, 0.1) is 26.7 Å². The van der Waals surface area contributed by atoms with Crippen LogP contribution in [0.2, 0.25) is 0 Å². The maximum absolute atomic E-state index is 13.3. The summed E-state index contributed by atoms with van der Waals surface area (Å²) in [7, 11) is 1.65. The summed E-state index contributed by atoms with van der Waals surface area (Å²) < 4.78 is 9.53. The summed E-state index contributed by atoms with van der Waals surface area (Å²) in [4.78, 5) is 13.3. The first-order chi connectivity index (χ1) is 16.8. The highest BCUT2D eigenvalue weighted by Gasteiger charge is 2.20. The first-order valence-corrected chi connectivity index (χ1v) is 12.8. The molecule has 0 amide bonds. The lowest BCUT2D eigenvalue weighted by atomic mass is 10.2. The number of benzene rings is 2. The maximum Gasteiger partial charge on any atom is 0.191 e. The van der Waals surface area contributed by atoms with Gasteiger partial charge in [-0.3, -0.25) is 4.79 Å². The lowest BCUT2D eigenvalue weighted by Gasteiger charge is -2.13. The van der Waals surface area contributed by atoms with Gasteiger partial charge in [0.1, 0.15) is 5.75 Å². The van der Waals surface area contributed by atoms with E-state index in [0.29, 0.717) is 11.7 Å². The molecule has 2 aromatic heterocycles. The number of ketones is 1. The predicted molar refractivity (Wildman–Crippen MR) is 142 cm³/mol. The van der Waals surface area contributed by atoms with Gasteiger partial charge in [0.2, 0.25) is 0 Å². The monoisotopic (exact) mass is 488 g/mol. The van der Waals surface area contributed by atoms with E-state index in [0.717, 1.165) is 51.5 Å². The van der Waals surface area contributed by atoms with Crippen LogP contribution in [0.25, 0.3) is 17.1 Å². The standard InChI is InChI=1S/C28H32N4O2S/c1-18(2)16-31-27(22-9-13-24(34-6)14-10-22)29-30-28(31)35-17-26(33)25-15-20(4)32(21(25)5)23-11-7-19(3)8-12-23/h7-15,18H,16-17H2,1-6H3. The van der Waals surface area contributed by atoms with Crippen LogP contribution in [0.4, 0.5) is 0 Å². The third-order valence-corrected chi connectivity index (χ3v) is 6.94. The van der Waals surface area contributed by atoms with E-state index in [2.05, 4.69) is 64.4 Å². The van der Waals surface area contributed by atoms with E-state index in [9.17, 15) is 4.79 Å². The number of hydrogen-bond donors (Lipinski definition) is 0. The molecule has 0 saturated carbocycles. The predicted octanol–water partition coefficient (Wildman–Crippen LogP) is 6.30. The Morgan fingerprint density at radius 2 is 1.69 bits per heavy atom. The number of ether oxygens (including phenoxy) is 1. The van der Waals surface area contributed by atoms with E-state index in [-0.39, 0.29) is 5.78 Å². The number of aromatic nitrogens is 4. The summed E-state index contributed by atoms with van der Waals surface area (Å²) in [5.74, 6) is 2.40. The highest BCUT2D eigenvalue weighted by molar-refractivity contribution is 7.99. The van der Waals surface area contributed by atoms with Crippen LogP contribution in [-0.4, -0.2) is 38.0 Å². The Morgan fingerprint density at radius 1 is 1.00 bits per heavy atom. The maximum atomic E-state index is 13.3. The van der Waals surface area contributed by atoms with Crippen molar-refractivity contribution in [2.75, 3.05) is 12.9 Å². The average molecular weight is 489 g/mol. The van der Waals surface area contributed by atoms with Gasteiger partial charge in [-0.2, -0.15) is 0 Å². The zero-order valence-corrected chi connectivity index (χ0v) is 22.0. The second-order valence-corrected chi connectivity index (χ2v) is 10.1. The summed E-state index contributed by atoms with van der Waals surface area (Å²) in [6.07, 6.45) is 0. The second kappa shape index (κ2) is 10.5. The molecule has 0 bridgehead atoms. The third kappa shape index (κ3) is 5.35.